The molecular weight excluding hydrogens is 348 g/mol. The molecule has 0 fully saturated rings. The van der Waals surface area contributed by atoms with Crippen LogP contribution in [0.25, 0.3) is 10.2 Å². The van der Waals surface area contributed by atoms with E-state index in [0.29, 0.717) is 21.0 Å². The van der Waals surface area contributed by atoms with Crippen LogP contribution in [0.4, 0.5) is 5.13 Å². The Morgan fingerprint density at radius 3 is 2.78 bits per heavy atom. The fourth-order valence-electron chi connectivity index (χ4n) is 2.12. The van der Waals surface area contributed by atoms with Crippen LogP contribution in [0.3, 0.4) is 0 Å². The first kappa shape index (κ1) is 16.3. The Morgan fingerprint density at radius 1 is 1.26 bits per heavy atom. The number of hydrogen-bond donors (Lipinski definition) is 1. The predicted octanol–water partition coefficient (Wildman–Crippen LogP) is 5.70. The molecule has 0 saturated carbocycles. The van der Waals surface area contributed by atoms with Gasteiger partial charge in [0.05, 0.1) is 9.72 Å². The maximum atomic E-state index is 12.4. The van der Waals surface area contributed by atoms with Crippen LogP contribution in [0.1, 0.15) is 24.2 Å². The standard InChI is InChI=1S/C17H15ClN2OS2/c1-10(2)22-12-6-3-5-11(9-12)16(21)20-17-19-15-13(18)7-4-8-14(15)23-17/h3-10H,1-2H3,(H,19,20,21). The number of thiazole rings is 1. The normalized spacial score (nSPS) is 11.1. The van der Waals surface area contributed by atoms with Gasteiger partial charge in [-0.2, -0.15) is 0 Å². The smallest absolute Gasteiger partial charge is 0.257 e. The van der Waals surface area contributed by atoms with Gasteiger partial charge < -0.3 is 0 Å². The van der Waals surface area contributed by atoms with Crippen molar-refractivity contribution in [1.82, 2.24) is 4.98 Å². The third-order valence-corrected chi connectivity index (χ3v) is 5.30. The minimum absolute atomic E-state index is 0.161. The first-order chi connectivity index (χ1) is 11.0. The second-order valence-corrected chi connectivity index (χ2v) is 8.34. The molecule has 3 nitrogen and oxygen atoms in total. The summed E-state index contributed by atoms with van der Waals surface area (Å²) in [5.41, 5.74) is 1.35. The molecule has 1 heterocycles. The van der Waals surface area contributed by atoms with Crippen LogP contribution in [0.2, 0.25) is 5.02 Å². The summed E-state index contributed by atoms with van der Waals surface area (Å²) in [5.74, 6) is -0.161. The van der Waals surface area contributed by atoms with Crippen molar-refractivity contribution in [2.45, 2.75) is 24.0 Å². The van der Waals surface area contributed by atoms with E-state index in [1.165, 1.54) is 11.3 Å². The van der Waals surface area contributed by atoms with E-state index in [9.17, 15) is 4.79 Å². The number of benzene rings is 2. The molecular formula is C17H15ClN2OS2. The molecule has 23 heavy (non-hydrogen) atoms. The summed E-state index contributed by atoms with van der Waals surface area (Å²) in [6.45, 7) is 4.25. The highest BCUT2D eigenvalue weighted by Crippen LogP contribution is 2.31. The zero-order valence-electron chi connectivity index (χ0n) is 12.7. The first-order valence-corrected chi connectivity index (χ1v) is 9.23. The van der Waals surface area contributed by atoms with Gasteiger partial charge in [-0.25, -0.2) is 4.98 Å². The van der Waals surface area contributed by atoms with Crippen LogP contribution in [-0.4, -0.2) is 16.1 Å². The van der Waals surface area contributed by atoms with E-state index < -0.39 is 0 Å². The minimum Gasteiger partial charge on any atom is -0.298 e. The lowest BCUT2D eigenvalue weighted by atomic mass is 10.2. The SMILES string of the molecule is CC(C)Sc1cccc(C(=O)Nc2nc3c(Cl)cccc3s2)c1. The lowest BCUT2D eigenvalue weighted by Crippen LogP contribution is -2.11. The van der Waals surface area contributed by atoms with E-state index in [2.05, 4.69) is 24.1 Å². The summed E-state index contributed by atoms with van der Waals surface area (Å²) in [7, 11) is 0. The summed E-state index contributed by atoms with van der Waals surface area (Å²) in [4.78, 5) is 17.9. The third-order valence-electron chi connectivity index (χ3n) is 3.06. The van der Waals surface area contributed by atoms with E-state index in [4.69, 9.17) is 11.6 Å². The number of amides is 1. The Balaban J connectivity index is 1.81. The largest absolute Gasteiger partial charge is 0.298 e. The number of rotatable bonds is 4. The topological polar surface area (TPSA) is 42.0 Å². The molecule has 2 aromatic carbocycles. The van der Waals surface area contributed by atoms with Crippen LogP contribution < -0.4 is 5.32 Å². The molecule has 0 spiro atoms. The van der Waals surface area contributed by atoms with Gasteiger partial charge in [0.25, 0.3) is 5.91 Å². The number of nitrogens with one attached hydrogen (secondary N) is 1. The van der Waals surface area contributed by atoms with E-state index in [-0.39, 0.29) is 5.91 Å². The van der Waals surface area contributed by atoms with Crippen LogP contribution in [0.5, 0.6) is 0 Å². The fourth-order valence-corrected chi connectivity index (χ4v) is 4.18. The van der Waals surface area contributed by atoms with Crippen molar-refractivity contribution in [3.63, 3.8) is 0 Å². The van der Waals surface area contributed by atoms with Gasteiger partial charge in [-0.3, -0.25) is 10.1 Å². The van der Waals surface area contributed by atoms with Gasteiger partial charge in [0.15, 0.2) is 5.13 Å². The summed E-state index contributed by atoms with van der Waals surface area (Å²) >= 11 is 9.27. The average Bonchev–Trinajstić information content (AvgIpc) is 2.91. The Morgan fingerprint density at radius 2 is 2.04 bits per heavy atom. The maximum Gasteiger partial charge on any atom is 0.257 e. The highest BCUT2D eigenvalue weighted by molar-refractivity contribution is 7.99. The Bertz CT molecular complexity index is 861. The van der Waals surface area contributed by atoms with Crippen LogP contribution in [0, 0.1) is 0 Å². The quantitative estimate of drug-likeness (QED) is 0.605. The van der Waals surface area contributed by atoms with Crippen LogP contribution in [0.15, 0.2) is 47.4 Å². The van der Waals surface area contributed by atoms with E-state index in [1.54, 1.807) is 23.9 Å². The Hall–Kier alpha value is -1.56. The van der Waals surface area contributed by atoms with Crippen molar-refractivity contribution in [2.75, 3.05) is 5.32 Å². The van der Waals surface area contributed by atoms with E-state index in [1.807, 2.05) is 30.3 Å². The number of carbonyl (C=O) groups is 1. The molecule has 6 heteroatoms. The van der Waals surface area contributed by atoms with Crippen molar-refractivity contribution >= 4 is 56.0 Å². The maximum absolute atomic E-state index is 12.4. The molecule has 0 bridgehead atoms. The fraction of sp³-hybridized carbons (Fsp3) is 0.176. The molecule has 0 unspecified atom stereocenters. The molecule has 1 N–H and O–H groups in total. The van der Waals surface area contributed by atoms with Gasteiger partial charge in [-0.15, -0.1) is 11.8 Å². The number of fused-ring (bicyclic) bond motifs is 1. The summed E-state index contributed by atoms with van der Waals surface area (Å²) in [5, 5.41) is 4.48. The monoisotopic (exact) mass is 362 g/mol. The number of nitrogens with zero attached hydrogens (tertiary/aromatic N) is 1. The molecule has 0 radical (unpaired) electrons. The van der Waals surface area contributed by atoms with Gasteiger partial charge in [-0.05, 0) is 30.3 Å². The number of anilines is 1. The number of aromatic nitrogens is 1. The molecule has 1 aromatic heterocycles. The number of halogens is 1. The van der Waals surface area contributed by atoms with E-state index in [0.717, 1.165) is 15.1 Å². The molecule has 0 atom stereocenters. The highest BCUT2D eigenvalue weighted by atomic mass is 35.5. The molecule has 0 aliphatic heterocycles. The number of thioether (sulfide) groups is 1. The summed E-state index contributed by atoms with van der Waals surface area (Å²) in [6, 6.07) is 13.2. The number of carbonyl (C=O) groups excluding carboxylic acids is 1. The van der Waals surface area contributed by atoms with Crippen molar-refractivity contribution < 1.29 is 4.79 Å². The molecule has 0 aliphatic rings. The van der Waals surface area contributed by atoms with Gasteiger partial charge in [-0.1, -0.05) is 48.9 Å². The van der Waals surface area contributed by atoms with Crippen LogP contribution >= 0.6 is 34.7 Å². The Kier molecular flexibility index (Phi) is 4.90. The second-order valence-electron chi connectivity index (χ2n) is 5.25. The molecule has 0 aliphatic carbocycles. The molecule has 3 aromatic rings. The Labute approximate surface area is 148 Å². The van der Waals surface area contributed by atoms with Crippen LogP contribution in [-0.2, 0) is 0 Å². The second kappa shape index (κ2) is 6.91. The van der Waals surface area contributed by atoms with Gasteiger partial charge in [0.2, 0.25) is 0 Å². The first-order valence-electron chi connectivity index (χ1n) is 7.16. The van der Waals surface area contributed by atoms with Gasteiger partial charge >= 0.3 is 0 Å². The van der Waals surface area contributed by atoms with Gasteiger partial charge in [0.1, 0.15) is 5.52 Å². The molecule has 3 rings (SSSR count). The lowest BCUT2D eigenvalue weighted by Gasteiger charge is -2.07. The van der Waals surface area contributed by atoms with Crippen molar-refractivity contribution in [2.24, 2.45) is 0 Å². The third kappa shape index (κ3) is 3.86. The lowest BCUT2D eigenvalue weighted by molar-refractivity contribution is 0.102. The predicted molar refractivity (Wildman–Crippen MR) is 100 cm³/mol. The van der Waals surface area contributed by atoms with Crippen molar-refractivity contribution in [3.05, 3.63) is 53.1 Å². The molecule has 0 saturated heterocycles. The summed E-state index contributed by atoms with van der Waals surface area (Å²) in [6.07, 6.45) is 0. The van der Waals surface area contributed by atoms with Crippen molar-refractivity contribution in [1.29, 1.82) is 0 Å². The number of para-hydroxylation sites is 1. The summed E-state index contributed by atoms with van der Waals surface area (Å²) < 4.78 is 0.955. The zero-order valence-corrected chi connectivity index (χ0v) is 15.1. The van der Waals surface area contributed by atoms with Crippen molar-refractivity contribution in [3.8, 4) is 0 Å². The minimum atomic E-state index is -0.161. The van der Waals surface area contributed by atoms with E-state index >= 15 is 0 Å². The molecule has 118 valence electrons. The highest BCUT2D eigenvalue weighted by Gasteiger charge is 2.12. The van der Waals surface area contributed by atoms with Gasteiger partial charge in [0, 0.05) is 15.7 Å². The average molecular weight is 363 g/mol. The zero-order chi connectivity index (χ0) is 16.4. The number of hydrogen-bond acceptors (Lipinski definition) is 4. The molecule has 1 amide bonds.